The van der Waals surface area contributed by atoms with Crippen molar-refractivity contribution in [3.63, 3.8) is 0 Å². The molecule has 1 unspecified atom stereocenters. The second-order valence-corrected chi connectivity index (χ2v) is 5.98. The Hall–Kier alpha value is -1.39. The molecule has 1 N–H and O–H groups in total. The van der Waals surface area contributed by atoms with Crippen LogP contribution in [-0.2, 0) is 0 Å². The maximum atomic E-state index is 13.9. The van der Waals surface area contributed by atoms with Crippen LogP contribution in [0.15, 0.2) is 40.9 Å². The van der Waals surface area contributed by atoms with Gasteiger partial charge >= 0.3 is 0 Å². The molecule has 1 aliphatic rings. The highest BCUT2D eigenvalue weighted by Crippen LogP contribution is 2.42. The van der Waals surface area contributed by atoms with Gasteiger partial charge in [0.05, 0.1) is 6.10 Å². The lowest BCUT2D eigenvalue weighted by Crippen LogP contribution is -2.20. The third-order valence-corrected chi connectivity index (χ3v) is 4.03. The van der Waals surface area contributed by atoms with Gasteiger partial charge in [0.25, 0.3) is 0 Å². The molecule has 0 spiro atoms. The van der Waals surface area contributed by atoms with Gasteiger partial charge in [-0.25, -0.2) is 4.39 Å². The molecule has 0 saturated carbocycles. The van der Waals surface area contributed by atoms with E-state index in [0.29, 0.717) is 17.7 Å². The Morgan fingerprint density at radius 2 is 2.00 bits per heavy atom. The molecule has 2 nitrogen and oxygen atoms in total. The van der Waals surface area contributed by atoms with Crippen LogP contribution in [0.4, 0.5) is 4.39 Å². The number of hydrogen-bond acceptors (Lipinski definition) is 2. The normalized spacial score (nSPS) is 21.2. The molecule has 2 atom stereocenters. The average Bonchev–Trinajstić information content (AvgIpc) is 2.42. The van der Waals surface area contributed by atoms with Gasteiger partial charge in [-0.3, -0.25) is 0 Å². The standard InChI is InChI=1S/C16H14BrFO2/c1-9-2-5-15-12(6-9)14(19)8-16(20-15)11-7-10(17)3-4-13(11)18/h2-7,14,16,19H,8H2,1H3/t14-,16?/m1/s1. The van der Waals surface area contributed by atoms with Crippen molar-refractivity contribution in [1.82, 2.24) is 0 Å². The summed E-state index contributed by atoms with van der Waals surface area (Å²) in [5, 5.41) is 10.3. The topological polar surface area (TPSA) is 29.5 Å². The number of ether oxygens (including phenoxy) is 1. The first-order valence-electron chi connectivity index (χ1n) is 6.45. The maximum absolute atomic E-state index is 13.9. The van der Waals surface area contributed by atoms with Crippen molar-refractivity contribution in [3.8, 4) is 5.75 Å². The van der Waals surface area contributed by atoms with E-state index in [1.165, 1.54) is 6.07 Å². The van der Waals surface area contributed by atoms with Gasteiger partial charge in [-0.15, -0.1) is 0 Å². The quantitative estimate of drug-likeness (QED) is 0.833. The van der Waals surface area contributed by atoms with Gasteiger partial charge in [-0.2, -0.15) is 0 Å². The third kappa shape index (κ3) is 2.45. The van der Waals surface area contributed by atoms with E-state index in [4.69, 9.17) is 4.74 Å². The summed E-state index contributed by atoms with van der Waals surface area (Å²) >= 11 is 3.33. The van der Waals surface area contributed by atoms with Gasteiger partial charge in [-0.05, 0) is 37.3 Å². The van der Waals surface area contributed by atoms with Gasteiger partial charge in [0.15, 0.2) is 0 Å². The van der Waals surface area contributed by atoms with E-state index in [1.54, 1.807) is 12.1 Å². The van der Waals surface area contributed by atoms with Crippen molar-refractivity contribution in [2.24, 2.45) is 0 Å². The summed E-state index contributed by atoms with van der Waals surface area (Å²) in [6.45, 7) is 1.97. The summed E-state index contributed by atoms with van der Waals surface area (Å²) < 4.78 is 20.6. The minimum absolute atomic E-state index is 0.319. The molecule has 4 heteroatoms. The molecule has 2 aromatic carbocycles. The lowest BCUT2D eigenvalue weighted by atomic mass is 9.94. The molecule has 2 aromatic rings. The van der Waals surface area contributed by atoms with Crippen molar-refractivity contribution >= 4 is 15.9 Å². The fourth-order valence-electron chi connectivity index (χ4n) is 2.52. The SMILES string of the molecule is Cc1ccc2c(c1)[C@H](O)CC(c1cc(Br)ccc1F)O2. The first-order chi connectivity index (χ1) is 9.54. The highest BCUT2D eigenvalue weighted by Gasteiger charge is 2.29. The van der Waals surface area contributed by atoms with Gasteiger partial charge in [0.2, 0.25) is 0 Å². The van der Waals surface area contributed by atoms with E-state index in [1.807, 2.05) is 25.1 Å². The van der Waals surface area contributed by atoms with E-state index in [9.17, 15) is 9.50 Å². The molecule has 104 valence electrons. The van der Waals surface area contributed by atoms with Crippen molar-refractivity contribution < 1.29 is 14.2 Å². The lowest BCUT2D eigenvalue weighted by Gasteiger charge is -2.30. The maximum Gasteiger partial charge on any atom is 0.130 e. The second-order valence-electron chi connectivity index (χ2n) is 5.07. The molecule has 20 heavy (non-hydrogen) atoms. The molecule has 1 heterocycles. The molecule has 1 aliphatic heterocycles. The van der Waals surface area contributed by atoms with Crippen LogP contribution in [0.1, 0.15) is 35.3 Å². The number of aryl methyl sites for hydroxylation is 1. The Labute approximate surface area is 125 Å². The van der Waals surface area contributed by atoms with Crippen molar-refractivity contribution in [2.75, 3.05) is 0 Å². The van der Waals surface area contributed by atoms with Crippen LogP contribution >= 0.6 is 15.9 Å². The number of fused-ring (bicyclic) bond motifs is 1. The Morgan fingerprint density at radius 1 is 1.20 bits per heavy atom. The molecule has 3 rings (SSSR count). The summed E-state index contributed by atoms with van der Waals surface area (Å²) in [4.78, 5) is 0. The van der Waals surface area contributed by atoms with Crippen molar-refractivity contribution in [3.05, 3.63) is 63.4 Å². The second kappa shape index (κ2) is 5.19. The molecule has 0 amide bonds. The van der Waals surface area contributed by atoms with Gasteiger partial charge < -0.3 is 9.84 Å². The van der Waals surface area contributed by atoms with Crippen LogP contribution in [0, 0.1) is 12.7 Å². The van der Waals surface area contributed by atoms with E-state index < -0.39 is 12.2 Å². The summed E-state index contributed by atoms with van der Waals surface area (Å²) in [6, 6.07) is 10.4. The average molecular weight is 337 g/mol. The van der Waals surface area contributed by atoms with E-state index >= 15 is 0 Å². The van der Waals surface area contributed by atoms with Gasteiger partial charge in [0, 0.05) is 22.0 Å². The fraction of sp³-hybridized carbons (Fsp3) is 0.250. The van der Waals surface area contributed by atoms with E-state index in [0.717, 1.165) is 15.6 Å². The summed E-state index contributed by atoms with van der Waals surface area (Å²) in [5.74, 6) is 0.305. The van der Waals surface area contributed by atoms with Gasteiger partial charge in [0.1, 0.15) is 17.7 Å². The van der Waals surface area contributed by atoms with Crippen LogP contribution < -0.4 is 4.74 Å². The molecule has 0 radical (unpaired) electrons. The smallest absolute Gasteiger partial charge is 0.130 e. The molecule has 0 fully saturated rings. The molecule has 0 aromatic heterocycles. The summed E-state index contributed by atoms with van der Waals surface area (Å²) in [7, 11) is 0. The predicted octanol–water partition coefficient (Wildman–Crippen LogP) is 4.45. The molecule has 0 aliphatic carbocycles. The Bertz CT molecular complexity index is 657. The number of aliphatic hydroxyl groups excluding tert-OH is 1. The zero-order valence-electron chi connectivity index (χ0n) is 10.9. The zero-order valence-corrected chi connectivity index (χ0v) is 12.5. The van der Waals surface area contributed by atoms with Crippen LogP contribution in [-0.4, -0.2) is 5.11 Å². The first-order valence-corrected chi connectivity index (χ1v) is 7.24. The van der Waals surface area contributed by atoms with Crippen LogP contribution in [0.2, 0.25) is 0 Å². The molecule has 0 saturated heterocycles. The van der Waals surface area contributed by atoms with Crippen LogP contribution in [0.3, 0.4) is 0 Å². The minimum atomic E-state index is -0.637. The van der Waals surface area contributed by atoms with E-state index in [-0.39, 0.29) is 5.82 Å². The largest absolute Gasteiger partial charge is 0.485 e. The molecular weight excluding hydrogens is 323 g/mol. The molecule has 0 bridgehead atoms. The zero-order chi connectivity index (χ0) is 14.3. The number of rotatable bonds is 1. The van der Waals surface area contributed by atoms with Gasteiger partial charge in [-0.1, -0.05) is 27.6 Å². The number of hydrogen-bond donors (Lipinski definition) is 1. The monoisotopic (exact) mass is 336 g/mol. The van der Waals surface area contributed by atoms with Crippen LogP contribution in [0.5, 0.6) is 5.75 Å². The Morgan fingerprint density at radius 3 is 2.80 bits per heavy atom. The van der Waals surface area contributed by atoms with Crippen molar-refractivity contribution in [2.45, 2.75) is 25.6 Å². The van der Waals surface area contributed by atoms with Crippen LogP contribution in [0.25, 0.3) is 0 Å². The molecular formula is C16H14BrFO2. The Kier molecular flexibility index (Phi) is 3.52. The highest BCUT2D eigenvalue weighted by molar-refractivity contribution is 9.10. The fourth-order valence-corrected chi connectivity index (χ4v) is 2.90. The van der Waals surface area contributed by atoms with Crippen molar-refractivity contribution in [1.29, 1.82) is 0 Å². The minimum Gasteiger partial charge on any atom is -0.485 e. The predicted molar refractivity (Wildman–Crippen MR) is 78.2 cm³/mol. The Balaban J connectivity index is 1.99. The van der Waals surface area contributed by atoms with E-state index in [2.05, 4.69) is 15.9 Å². The number of halogens is 2. The number of aliphatic hydroxyl groups is 1. The highest BCUT2D eigenvalue weighted by atomic mass is 79.9. The first kappa shape index (κ1) is 13.6. The summed E-state index contributed by atoms with van der Waals surface area (Å²) in [5.41, 5.74) is 2.31. The summed E-state index contributed by atoms with van der Waals surface area (Å²) in [6.07, 6.45) is -0.760. The number of benzene rings is 2. The third-order valence-electron chi connectivity index (χ3n) is 3.54. The lowest BCUT2D eigenvalue weighted by molar-refractivity contribution is 0.0639.